The molecule has 0 aliphatic carbocycles. The van der Waals surface area contributed by atoms with Crippen LogP contribution in [-0.4, -0.2) is 116 Å². The Bertz CT molecular complexity index is 1210. The first-order chi connectivity index (χ1) is 23.7. The third-order valence-electron chi connectivity index (χ3n) is 10.5. The molecule has 4 N–H and O–H groups in total. The van der Waals surface area contributed by atoms with Crippen LogP contribution in [0.4, 0.5) is 0 Å². The molecule has 0 spiro atoms. The quantitative estimate of drug-likeness (QED) is 0.162. The van der Waals surface area contributed by atoms with Crippen molar-refractivity contribution >= 4 is 23.6 Å². The highest BCUT2D eigenvalue weighted by Gasteiger charge is 2.43. The molecule has 0 aromatic heterocycles. The number of aliphatic hydroxyl groups excluding tert-OH is 1. The molecule has 1 aliphatic heterocycles. The number of likely N-dealkylation sites (N-methyl/N-ethyl adjacent to an activating group) is 2. The predicted molar refractivity (Wildman–Crippen MR) is 195 cm³/mol. The number of aliphatic hydroxyl groups is 1. The molecule has 0 unspecified atom stereocenters. The van der Waals surface area contributed by atoms with Crippen LogP contribution in [0.15, 0.2) is 30.3 Å². The van der Waals surface area contributed by atoms with Crippen LogP contribution in [-0.2, 0) is 28.7 Å². The Balaban J connectivity index is 2.23. The van der Waals surface area contributed by atoms with E-state index in [0.29, 0.717) is 24.9 Å². The Kier molecular flexibility index (Phi) is 17.9. The average molecular weight is 704 g/mol. The van der Waals surface area contributed by atoms with Gasteiger partial charge in [0, 0.05) is 27.8 Å². The third kappa shape index (κ3) is 11.0. The lowest BCUT2D eigenvalue weighted by Gasteiger charge is -2.41. The van der Waals surface area contributed by atoms with E-state index in [0.717, 1.165) is 12.8 Å². The molecule has 0 saturated carbocycles. The number of carbonyl (C=O) groups excluding carboxylic acids is 4. The molecule has 10 atom stereocenters. The molecule has 2 rings (SSSR count). The Morgan fingerprint density at radius 3 is 2.12 bits per heavy atom. The van der Waals surface area contributed by atoms with E-state index in [1.54, 1.807) is 52.0 Å². The number of nitrogens with zero attached hydrogens (tertiary/aromatic N) is 2. The number of benzene rings is 1. The normalized spacial score (nSPS) is 20.2. The van der Waals surface area contributed by atoms with Crippen molar-refractivity contribution in [2.45, 2.75) is 129 Å². The lowest BCUT2D eigenvalue weighted by atomic mass is 9.89. The van der Waals surface area contributed by atoms with Gasteiger partial charge in [-0.1, -0.05) is 78.3 Å². The van der Waals surface area contributed by atoms with Crippen LogP contribution in [0, 0.1) is 17.8 Å². The fourth-order valence-electron chi connectivity index (χ4n) is 7.19. The Morgan fingerprint density at radius 1 is 0.960 bits per heavy atom. The van der Waals surface area contributed by atoms with Gasteiger partial charge in [0.15, 0.2) is 0 Å². The first kappa shape index (κ1) is 43.1. The van der Waals surface area contributed by atoms with Crippen LogP contribution >= 0.6 is 0 Å². The molecule has 1 aliphatic rings. The number of rotatable bonds is 20. The maximum Gasteiger partial charge on any atom is 0.245 e. The standard InChI is InChI=1S/C38H65N5O7/c1-12-24(5)33(42(9)38(48)32(23(3)4)41-37(47)28(13-2)39-8)30(49-10)22-31(44)43-21-17-20-29(43)35(50-11)25(6)36(46)40-26(7)34(45)27-18-15-14-16-19-27/h14-16,18-19,23-26,28-30,32-35,39,45H,12-13,17,20-22H2,1-11H3,(H,40,46)(H,41,47)/t24-,25+,26+,28-,29-,30+,32-,33-,34+,35+/m0/s1. The topological polar surface area (TPSA) is 150 Å². The van der Waals surface area contributed by atoms with Crippen molar-refractivity contribution in [3.05, 3.63) is 35.9 Å². The van der Waals surface area contributed by atoms with Gasteiger partial charge >= 0.3 is 0 Å². The molecule has 12 nitrogen and oxygen atoms in total. The molecule has 1 saturated heterocycles. The zero-order valence-electron chi connectivity index (χ0n) is 32.3. The highest BCUT2D eigenvalue weighted by Crippen LogP contribution is 2.30. The molecule has 1 aromatic rings. The summed E-state index contributed by atoms with van der Waals surface area (Å²) in [5, 5.41) is 19.7. The van der Waals surface area contributed by atoms with Crippen LogP contribution in [0.1, 0.15) is 92.2 Å². The van der Waals surface area contributed by atoms with Gasteiger partial charge < -0.3 is 40.3 Å². The lowest BCUT2D eigenvalue weighted by Crippen LogP contribution is -2.59. The minimum atomic E-state index is -0.874. The SMILES string of the molecule is CC[C@H](NC)C(=O)N[C@H](C(=O)N(C)[C@@H]([C@@H](C)CC)[C@@H](CC(=O)N1CCC[C@H]1[C@H](OC)[C@@H](C)C(=O)N[C@H](C)[C@@H](O)c1ccccc1)OC)C(C)C. The first-order valence-electron chi connectivity index (χ1n) is 18.3. The number of likely N-dealkylation sites (tertiary alicyclic amines) is 1. The minimum Gasteiger partial charge on any atom is -0.386 e. The van der Waals surface area contributed by atoms with E-state index in [1.807, 2.05) is 65.0 Å². The van der Waals surface area contributed by atoms with Gasteiger partial charge in [0.2, 0.25) is 23.6 Å². The van der Waals surface area contributed by atoms with E-state index in [1.165, 1.54) is 0 Å². The van der Waals surface area contributed by atoms with E-state index >= 15 is 0 Å². The molecule has 12 heteroatoms. The Labute approximate surface area is 300 Å². The van der Waals surface area contributed by atoms with Crippen LogP contribution < -0.4 is 16.0 Å². The third-order valence-corrected chi connectivity index (χ3v) is 10.5. The van der Waals surface area contributed by atoms with E-state index in [9.17, 15) is 24.3 Å². The maximum atomic E-state index is 14.1. The smallest absolute Gasteiger partial charge is 0.245 e. The second-order valence-electron chi connectivity index (χ2n) is 14.2. The molecule has 50 heavy (non-hydrogen) atoms. The van der Waals surface area contributed by atoms with Gasteiger partial charge in [0.25, 0.3) is 0 Å². The van der Waals surface area contributed by atoms with Gasteiger partial charge in [0.05, 0.1) is 54.8 Å². The summed E-state index contributed by atoms with van der Waals surface area (Å²) in [4.78, 5) is 58.0. The number of carbonyl (C=O) groups is 4. The number of hydrogen-bond donors (Lipinski definition) is 4. The molecule has 1 aromatic carbocycles. The molecule has 1 fully saturated rings. The van der Waals surface area contributed by atoms with Gasteiger partial charge in [-0.15, -0.1) is 0 Å². The zero-order valence-corrected chi connectivity index (χ0v) is 32.3. The summed E-state index contributed by atoms with van der Waals surface area (Å²) < 4.78 is 11.9. The average Bonchev–Trinajstić information content (AvgIpc) is 3.60. The van der Waals surface area contributed by atoms with E-state index in [4.69, 9.17) is 9.47 Å². The molecule has 4 amide bonds. The van der Waals surface area contributed by atoms with Crippen molar-refractivity contribution in [2.24, 2.45) is 17.8 Å². The van der Waals surface area contributed by atoms with Crippen LogP contribution in [0.3, 0.4) is 0 Å². The van der Waals surface area contributed by atoms with Crippen molar-refractivity contribution < 1.29 is 33.8 Å². The van der Waals surface area contributed by atoms with Crippen molar-refractivity contribution in [2.75, 3.05) is 34.9 Å². The number of nitrogens with one attached hydrogen (secondary N) is 3. The number of hydrogen-bond acceptors (Lipinski definition) is 8. The van der Waals surface area contributed by atoms with Gasteiger partial charge in [-0.2, -0.15) is 0 Å². The summed E-state index contributed by atoms with van der Waals surface area (Å²) in [6, 6.07) is 6.72. The molecule has 0 radical (unpaired) electrons. The summed E-state index contributed by atoms with van der Waals surface area (Å²) in [6.07, 6.45) is 0.748. The lowest BCUT2D eigenvalue weighted by molar-refractivity contribution is -0.147. The molecular formula is C38H65N5O7. The van der Waals surface area contributed by atoms with Gasteiger partial charge in [-0.05, 0) is 50.6 Å². The highest BCUT2D eigenvalue weighted by atomic mass is 16.5. The monoisotopic (exact) mass is 703 g/mol. The van der Waals surface area contributed by atoms with Crippen LogP contribution in [0.2, 0.25) is 0 Å². The molecule has 1 heterocycles. The zero-order chi connectivity index (χ0) is 37.7. The number of amides is 4. The number of methoxy groups -OCH3 is 2. The van der Waals surface area contributed by atoms with E-state index < -0.39 is 48.4 Å². The van der Waals surface area contributed by atoms with Gasteiger partial charge in [0.1, 0.15) is 6.04 Å². The van der Waals surface area contributed by atoms with Crippen molar-refractivity contribution in [1.82, 2.24) is 25.8 Å². The molecule has 0 bridgehead atoms. The minimum absolute atomic E-state index is 0.0102. The van der Waals surface area contributed by atoms with E-state index in [-0.39, 0.29) is 47.9 Å². The number of ether oxygens (including phenoxy) is 2. The van der Waals surface area contributed by atoms with E-state index in [2.05, 4.69) is 16.0 Å². The second-order valence-corrected chi connectivity index (χ2v) is 14.2. The maximum absolute atomic E-state index is 14.1. The molecular weight excluding hydrogens is 638 g/mol. The Hall–Kier alpha value is -3.06. The summed E-state index contributed by atoms with van der Waals surface area (Å²) in [6.45, 7) is 13.9. The fourth-order valence-corrected chi connectivity index (χ4v) is 7.19. The summed E-state index contributed by atoms with van der Waals surface area (Å²) >= 11 is 0. The highest BCUT2D eigenvalue weighted by molar-refractivity contribution is 5.90. The second kappa shape index (κ2) is 20.7. The summed E-state index contributed by atoms with van der Waals surface area (Å²) in [7, 11) is 6.56. The molecule has 284 valence electrons. The first-order valence-corrected chi connectivity index (χ1v) is 18.3. The predicted octanol–water partition coefficient (Wildman–Crippen LogP) is 3.28. The summed E-state index contributed by atoms with van der Waals surface area (Å²) in [5.74, 6) is -1.64. The van der Waals surface area contributed by atoms with Crippen molar-refractivity contribution in [3.63, 3.8) is 0 Å². The largest absolute Gasteiger partial charge is 0.386 e. The Morgan fingerprint density at radius 2 is 1.60 bits per heavy atom. The van der Waals surface area contributed by atoms with Crippen LogP contribution in [0.25, 0.3) is 0 Å². The van der Waals surface area contributed by atoms with Gasteiger partial charge in [-0.25, -0.2) is 0 Å². The van der Waals surface area contributed by atoms with Gasteiger partial charge in [-0.3, -0.25) is 19.2 Å². The van der Waals surface area contributed by atoms with Crippen molar-refractivity contribution in [3.8, 4) is 0 Å². The van der Waals surface area contributed by atoms with Crippen LogP contribution in [0.5, 0.6) is 0 Å². The van der Waals surface area contributed by atoms with Crippen molar-refractivity contribution in [1.29, 1.82) is 0 Å². The summed E-state index contributed by atoms with van der Waals surface area (Å²) in [5.41, 5.74) is 0.711. The fraction of sp³-hybridized carbons (Fsp3) is 0.737.